The first-order valence-electron chi connectivity index (χ1n) is 5.68. The molecular weight excluding hydrogens is 216 g/mol. The molecule has 0 bridgehead atoms. The number of rotatable bonds is 5. The van der Waals surface area contributed by atoms with Crippen LogP contribution >= 0.6 is 11.3 Å². The molecule has 2 heterocycles. The van der Waals surface area contributed by atoms with Crippen molar-refractivity contribution in [1.29, 1.82) is 0 Å². The SMILES string of the molecule is CCn1ccc(CNCc2ccc(C)s2)c1. The predicted octanol–water partition coefficient (Wildman–Crippen LogP) is 3.17. The van der Waals surface area contributed by atoms with Crippen LogP contribution in [0.3, 0.4) is 0 Å². The van der Waals surface area contributed by atoms with Gasteiger partial charge in [0.05, 0.1) is 0 Å². The molecule has 0 fully saturated rings. The minimum absolute atomic E-state index is 0.948. The van der Waals surface area contributed by atoms with E-state index in [2.05, 4.69) is 54.3 Å². The van der Waals surface area contributed by atoms with E-state index in [1.54, 1.807) is 0 Å². The molecule has 2 nitrogen and oxygen atoms in total. The van der Waals surface area contributed by atoms with Gasteiger partial charge in [-0.2, -0.15) is 0 Å². The smallest absolute Gasteiger partial charge is 0.0303 e. The lowest BCUT2D eigenvalue weighted by Crippen LogP contribution is -2.11. The van der Waals surface area contributed by atoms with Crippen LogP contribution in [0.1, 0.15) is 22.2 Å². The van der Waals surface area contributed by atoms with Crippen molar-refractivity contribution in [3.05, 3.63) is 45.9 Å². The maximum Gasteiger partial charge on any atom is 0.0303 e. The molecule has 0 amide bonds. The Morgan fingerprint density at radius 3 is 2.75 bits per heavy atom. The normalized spacial score (nSPS) is 10.9. The van der Waals surface area contributed by atoms with Crippen molar-refractivity contribution in [2.45, 2.75) is 33.5 Å². The number of hydrogen-bond acceptors (Lipinski definition) is 2. The summed E-state index contributed by atoms with van der Waals surface area (Å²) < 4.78 is 2.20. The Labute approximate surface area is 101 Å². The van der Waals surface area contributed by atoms with E-state index < -0.39 is 0 Å². The summed E-state index contributed by atoms with van der Waals surface area (Å²) in [6, 6.07) is 6.55. The molecule has 1 N–H and O–H groups in total. The average Bonchev–Trinajstić information content (AvgIpc) is 2.88. The van der Waals surface area contributed by atoms with Gasteiger partial charge in [-0.15, -0.1) is 11.3 Å². The number of nitrogens with one attached hydrogen (secondary N) is 1. The van der Waals surface area contributed by atoms with Gasteiger partial charge in [-0.3, -0.25) is 0 Å². The zero-order valence-corrected chi connectivity index (χ0v) is 10.7. The Balaban J connectivity index is 1.79. The van der Waals surface area contributed by atoms with E-state index in [1.807, 2.05) is 11.3 Å². The Bertz CT molecular complexity index is 442. The van der Waals surface area contributed by atoms with Crippen LogP contribution in [0.25, 0.3) is 0 Å². The van der Waals surface area contributed by atoms with E-state index in [1.165, 1.54) is 15.3 Å². The summed E-state index contributed by atoms with van der Waals surface area (Å²) in [5.41, 5.74) is 1.36. The lowest BCUT2D eigenvalue weighted by molar-refractivity contribution is 0.695. The van der Waals surface area contributed by atoms with Crippen LogP contribution in [0.4, 0.5) is 0 Å². The number of aromatic nitrogens is 1. The van der Waals surface area contributed by atoms with Gasteiger partial charge in [0.25, 0.3) is 0 Å². The standard InChI is InChI=1S/C13H18N2S/c1-3-15-7-6-12(10-15)8-14-9-13-5-4-11(2)16-13/h4-7,10,14H,3,8-9H2,1-2H3. The van der Waals surface area contributed by atoms with Crippen LogP contribution < -0.4 is 5.32 Å². The van der Waals surface area contributed by atoms with Crippen LogP contribution in [-0.2, 0) is 19.6 Å². The first-order valence-corrected chi connectivity index (χ1v) is 6.50. The third-order valence-electron chi connectivity index (χ3n) is 2.60. The molecule has 0 unspecified atom stereocenters. The molecule has 2 aromatic heterocycles. The quantitative estimate of drug-likeness (QED) is 0.841. The molecule has 0 saturated heterocycles. The summed E-state index contributed by atoms with van der Waals surface area (Å²) in [6.45, 7) is 7.27. The van der Waals surface area contributed by atoms with Gasteiger partial charge in [0, 0.05) is 41.8 Å². The molecule has 2 rings (SSSR count). The van der Waals surface area contributed by atoms with Gasteiger partial charge >= 0.3 is 0 Å². The predicted molar refractivity (Wildman–Crippen MR) is 69.7 cm³/mol. The highest BCUT2D eigenvalue weighted by Crippen LogP contribution is 2.14. The molecule has 0 spiro atoms. The summed E-state index contributed by atoms with van der Waals surface area (Å²) >= 11 is 1.86. The molecule has 3 heteroatoms. The van der Waals surface area contributed by atoms with Crippen molar-refractivity contribution in [1.82, 2.24) is 9.88 Å². The van der Waals surface area contributed by atoms with Crippen LogP contribution in [-0.4, -0.2) is 4.57 Å². The molecule has 0 aliphatic heterocycles. The summed E-state index contributed by atoms with van der Waals surface area (Å²) in [5, 5.41) is 3.47. The van der Waals surface area contributed by atoms with Gasteiger partial charge in [-0.25, -0.2) is 0 Å². The van der Waals surface area contributed by atoms with E-state index in [4.69, 9.17) is 0 Å². The van der Waals surface area contributed by atoms with Crippen molar-refractivity contribution in [3.63, 3.8) is 0 Å². The molecule has 2 aromatic rings. The Kier molecular flexibility index (Phi) is 3.80. The number of aryl methyl sites for hydroxylation is 2. The van der Waals surface area contributed by atoms with Gasteiger partial charge in [-0.05, 0) is 37.6 Å². The third-order valence-corrected chi connectivity index (χ3v) is 3.60. The first-order chi connectivity index (χ1) is 7.78. The van der Waals surface area contributed by atoms with E-state index in [0.29, 0.717) is 0 Å². The second kappa shape index (κ2) is 5.32. The van der Waals surface area contributed by atoms with Crippen LogP contribution in [0.2, 0.25) is 0 Å². The second-order valence-electron chi connectivity index (χ2n) is 3.97. The molecule has 0 aromatic carbocycles. The molecule has 0 aliphatic carbocycles. The Hall–Kier alpha value is -1.06. The van der Waals surface area contributed by atoms with Crippen molar-refractivity contribution in [2.24, 2.45) is 0 Å². The van der Waals surface area contributed by atoms with E-state index in [9.17, 15) is 0 Å². The van der Waals surface area contributed by atoms with E-state index in [-0.39, 0.29) is 0 Å². The van der Waals surface area contributed by atoms with Gasteiger partial charge in [0.1, 0.15) is 0 Å². The number of hydrogen-bond donors (Lipinski definition) is 1. The van der Waals surface area contributed by atoms with Crippen molar-refractivity contribution in [2.75, 3.05) is 0 Å². The van der Waals surface area contributed by atoms with Crippen LogP contribution in [0.15, 0.2) is 30.6 Å². The highest BCUT2D eigenvalue weighted by Gasteiger charge is 1.98. The van der Waals surface area contributed by atoms with Crippen molar-refractivity contribution >= 4 is 11.3 Å². The highest BCUT2D eigenvalue weighted by molar-refractivity contribution is 7.11. The maximum absolute atomic E-state index is 3.47. The lowest BCUT2D eigenvalue weighted by Gasteiger charge is -2.00. The van der Waals surface area contributed by atoms with Gasteiger partial charge < -0.3 is 9.88 Å². The van der Waals surface area contributed by atoms with Crippen LogP contribution in [0, 0.1) is 6.92 Å². The second-order valence-corrected chi connectivity index (χ2v) is 5.34. The summed E-state index contributed by atoms with van der Waals surface area (Å²) in [5.74, 6) is 0. The molecule has 0 atom stereocenters. The molecule has 16 heavy (non-hydrogen) atoms. The zero-order chi connectivity index (χ0) is 11.4. The zero-order valence-electron chi connectivity index (χ0n) is 9.86. The molecule has 86 valence electrons. The van der Waals surface area contributed by atoms with Crippen LogP contribution in [0.5, 0.6) is 0 Å². The fourth-order valence-electron chi connectivity index (χ4n) is 1.70. The molecule has 0 aliphatic rings. The van der Waals surface area contributed by atoms with E-state index in [0.717, 1.165) is 19.6 Å². The Morgan fingerprint density at radius 1 is 1.25 bits per heavy atom. The minimum Gasteiger partial charge on any atom is -0.354 e. The molecular formula is C13H18N2S. The lowest BCUT2D eigenvalue weighted by atomic mass is 10.3. The van der Waals surface area contributed by atoms with Gasteiger partial charge in [-0.1, -0.05) is 0 Å². The number of nitrogens with zero attached hydrogens (tertiary/aromatic N) is 1. The molecule has 0 saturated carbocycles. The Morgan fingerprint density at radius 2 is 2.12 bits per heavy atom. The van der Waals surface area contributed by atoms with Crippen molar-refractivity contribution < 1.29 is 0 Å². The van der Waals surface area contributed by atoms with Gasteiger partial charge in [0.15, 0.2) is 0 Å². The number of thiophene rings is 1. The minimum atomic E-state index is 0.948. The fourth-order valence-corrected chi connectivity index (χ4v) is 2.56. The van der Waals surface area contributed by atoms with Gasteiger partial charge in [0.2, 0.25) is 0 Å². The molecule has 0 radical (unpaired) electrons. The summed E-state index contributed by atoms with van der Waals surface area (Å²) in [7, 11) is 0. The monoisotopic (exact) mass is 234 g/mol. The maximum atomic E-state index is 3.47. The first kappa shape index (κ1) is 11.4. The fraction of sp³-hybridized carbons (Fsp3) is 0.385. The largest absolute Gasteiger partial charge is 0.354 e. The van der Waals surface area contributed by atoms with E-state index >= 15 is 0 Å². The third kappa shape index (κ3) is 2.97. The highest BCUT2D eigenvalue weighted by atomic mass is 32.1. The summed E-state index contributed by atoms with van der Waals surface area (Å²) in [6.07, 6.45) is 4.33. The van der Waals surface area contributed by atoms with Crippen molar-refractivity contribution in [3.8, 4) is 0 Å². The average molecular weight is 234 g/mol. The topological polar surface area (TPSA) is 17.0 Å². The summed E-state index contributed by atoms with van der Waals surface area (Å²) in [4.78, 5) is 2.79.